The van der Waals surface area contributed by atoms with Gasteiger partial charge >= 0.3 is 0 Å². The van der Waals surface area contributed by atoms with Crippen molar-refractivity contribution in [1.82, 2.24) is 10.2 Å². The molecule has 5 heteroatoms. The lowest BCUT2D eigenvalue weighted by molar-refractivity contribution is -0.137. The summed E-state index contributed by atoms with van der Waals surface area (Å²) in [6, 6.07) is 0. The molecule has 5 nitrogen and oxygen atoms in total. The van der Waals surface area contributed by atoms with E-state index in [4.69, 9.17) is 6.42 Å². The van der Waals surface area contributed by atoms with E-state index in [1.54, 1.807) is 0 Å². The molecule has 0 bridgehead atoms. The van der Waals surface area contributed by atoms with Crippen LogP contribution in [-0.2, 0) is 14.4 Å². The molecule has 0 saturated carbocycles. The van der Waals surface area contributed by atoms with Crippen molar-refractivity contribution in [3.8, 4) is 12.3 Å². The average molecular weight is 206 g/mol. The van der Waals surface area contributed by atoms with Gasteiger partial charge in [0.2, 0.25) is 5.91 Å². The van der Waals surface area contributed by atoms with Crippen molar-refractivity contribution in [3.05, 3.63) is 12.2 Å². The number of hydrogen-bond acceptors (Lipinski definition) is 3. The maximum absolute atomic E-state index is 11.1. The highest BCUT2D eigenvalue weighted by atomic mass is 16.2. The smallest absolute Gasteiger partial charge is 0.253 e. The van der Waals surface area contributed by atoms with Gasteiger partial charge in [-0.3, -0.25) is 19.3 Å². The first-order valence-electron chi connectivity index (χ1n) is 4.39. The van der Waals surface area contributed by atoms with E-state index >= 15 is 0 Å². The van der Waals surface area contributed by atoms with E-state index in [2.05, 4.69) is 11.2 Å². The number of nitrogens with zero attached hydrogens (tertiary/aromatic N) is 1. The summed E-state index contributed by atoms with van der Waals surface area (Å²) in [4.78, 5) is 34.2. The number of imide groups is 1. The third-order valence-electron chi connectivity index (χ3n) is 1.85. The van der Waals surface area contributed by atoms with Crippen LogP contribution >= 0.6 is 0 Å². The maximum Gasteiger partial charge on any atom is 0.253 e. The summed E-state index contributed by atoms with van der Waals surface area (Å²) in [6.07, 6.45) is 7.38. The van der Waals surface area contributed by atoms with E-state index < -0.39 is 0 Å². The summed E-state index contributed by atoms with van der Waals surface area (Å²) in [5.74, 6) is 1.21. The molecular formula is C10H10N2O3. The normalized spacial score (nSPS) is 14.2. The topological polar surface area (TPSA) is 66.5 Å². The van der Waals surface area contributed by atoms with Crippen LogP contribution in [0.2, 0.25) is 0 Å². The van der Waals surface area contributed by atoms with Gasteiger partial charge in [-0.1, -0.05) is 5.92 Å². The lowest BCUT2D eigenvalue weighted by Gasteiger charge is -2.12. The Morgan fingerprint density at radius 1 is 1.40 bits per heavy atom. The van der Waals surface area contributed by atoms with Crippen LogP contribution < -0.4 is 5.32 Å². The zero-order chi connectivity index (χ0) is 11.3. The molecule has 0 aromatic heterocycles. The van der Waals surface area contributed by atoms with Crippen molar-refractivity contribution in [2.75, 3.05) is 13.1 Å². The Morgan fingerprint density at radius 3 is 2.53 bits per heavy atom. The number of rotatable bonds is 4. The van der Waals surface area contributed by atoms with Crippen molar-refractivity contribution >= 4 is 17.7 Å². The van der Waals surface area contributed by atoms with E-state index in [-0.39, 0.29) is 37.2 Å². The fourth-order valence-corrected chi connectivity index (χ4v) is 1.10. The summed E-state index contributed by atoms with van der Waals surface area (Å²) < 4.78 is 0. The molecule has 0 radical (unpaired) electrons. The number of amides is 3. The predicted molar refractivity (Wildman–Crippen MR) is 52.3 cm³/mol. The highest BCUT2D eigenvalue weighted by molar-refractivity contribution is 6.13. The van der Waals surface area contributed by atoms with Crippen molar-refractivity contribution in [1.29, 1.82) is 0 Å². The minimum absolute atomic E-state index is 0.0703. The SMILES string of the molecule is C#CCNC(=O)CCN1C(=O)C=CC1=O. The maximum atomic E-state index is 11.1. The van der Waals surface area contributed by atoms with Crippen LogP contribution in [0, 0.1) is 12.3 Å². The monoisotopic (exact) mass is 206 g/mol. The van der Waals surface area contributed by atoms with Gasteiger partial charge < -0.3 is 5.32 Å². The molecule has 0 unspecified atom stereocenters. The summed E-state index contributed by atoms with van der Waals surface area (Å²) in [5.41, 5.74) is 0. The van der Waals surface area contributed by atoms with E-state index in [1.807, 2.05) is 0 Å². The minimum atomic E-state index is -0.384. The fraction of sp³-hybridized carbons (Fsp3) is 0.300. The molecule has 1 N–H and O–H groups in total. The van der Waals surface area contributed by atoms with Crippen molar-refractivity contribution < 1.29 is 14.4 Å². The molecule has 1 heterocycles. The van der Waals surface area contributed by atoms with Crippen LogP contribution in [0.4, 0.5) is 0 Å². The Kier molecular flexibility index (Phi) is 3.63. The molecule has 0 saturated heterocycles. The third kappa shape index (κ3) is 2.95. The summed E-state index contributed by atoms with van der Waals surface area (Å²) in [7, 11) is 0. The van der Waals surface area contributed by atoms with Gasteiger partial charge in [0.05, 0.1) is 6.54 Å². The van der Waals surface area contributed by atoms with Gasteiger partial charge in [-0.05, 0) is 0 Å². The number of nitrogens with one attached hydrogen (secondary N) is 1. The Morgan fingerprint density at radius 2 is 2.00 bits per heavy atom. The molecule has 0 aromatic rings. The van der Waals surface area contributed by atoms with Gasteiger partial charge in [-0.25, -0.2) is 0 Å². The first kappa shape index (κ1) is 11.0. The van der Waals surface area contributed by atoms with Crippen molar-refractivity contribution in [2.45, 2.75) is 6.42 Å². The van der Waals surface area contributed by atoms with Gasteiger partial charge in [0, 0.05) is 25.1 Å². The molecule has 0 aromatic carbocycles. The second-order valence-electron chi connectivity index (χ2n) is 2.89. The summed E-state index contributed by atoms with van der Waals surface area (Å²) in [5, 5.41) is 2.44. The van der Waals surface area contributed by atoms with Crippen LogP contribution in [0.1, 0.15) is 6.42 Å². The number of hydrogen-bond donors (Lipinski definition) is 1. The Balaban J connectivity index is 2.32. The molecule has 0 atom stereocenters. The number of carbonyl (C=O) groups excluding carboxylic acids is 3. The average Bonchev–Trinajstić information content (AvgIpc) is 2.53. The lowest BCUT2D eigenvalue weighted by atomic mass is 10.3. The molecule has 78 valence electrons. The number of terminal acetylenes is 1. The Bertz CT molecular complexity index is 347. The van der Waals surface area contributed by atoms with Crippen LogP contribution in [0.3, 0.4) is 0 Å². The minimum Gasteiger partial charge on any atom is -0.345 e. The van der Waals surface area contributed by atoms with E-state index in [0.29, 0.717) is 0 Å². The fourth-order valence-electron chi connectivity index (χ4n) is 1.10. The lowest BCUT2D eigenvalue weighted by Crippen LogP contribution is -2.34. The molecule has 1 aliphatic rings. The summed E-state index contributed by atoms with van der Waals surface area (Å²) >= 11 is 0. The second-order valence-corrected chi connectivity index (χ2v) is 2.89. The Hall–Kier alpha value is -2.09. The molecule has 3 amide bonds. The van der Waals surface area contributed by atoms with Crippen molar-refractivity contribution in [2.24, 2.45) is 0 Å². The molecular weight excluding hydrogens is 196 g/mol. The Labute approximate surface area is 87.1 Å². The van der Waals surface area contributed by atoms with Gasteiger partial charge in [-0.2, -0.15) is 0 Å². The zero-order valence-electron chi connectivity index (χ0n) is 8.03. The molecule has 0 fully saturated rings. The third-order valence-corrected chi connectivity index (χ3v) is 1.85. The predicted octanol–water partition coefficient (Wildman–Crippen LogP) is -0.949. The molecule has 1 rings (SSSR count). The van der Waals surface area contributed by atoms with Crippen LogP contribution in [0.25, 0.3) is 0 Å². The highest BCUT2D eigenvalue weighted by Crippen LogP contribution is 2.03. The zero-order valence-corrected chi connectivity index (χ0v) is 8.03. The first-order chi connectivity index (χ1) is 7.15. The first-order valence-corrected chi connectivity index (χ1v) is 4.39. The van der Waals surface area contributed by atoms with E-state index in [9.17, 15) is 14.4 Å². The largest absolute Gasteiger partial charge is 0.345 e. The number of carbonyl (C=O) groups is 3. The highest BCUT2D eigenvalue weighted by Gasteiger charge is 2.23. The molecule has 1 aliphatic heterocycles. The van der Waals surface area contributed by atoms with E-state index in [1.165, 1.54) is 12.2 Å². The van der Waals surface area contributed by atoms with Crippen LogP contribution in [-0.4, -0.2) is 35.7 Å². The standard InChI is InChI=1S/C10H10N2O3/c1-2-6-11-8(13)5-7-12-9(14)3-4-10(12)15/h1,3-4H,5-7H2,(H,11,13). The van der Waals surface area contributed by atoms with Crippen molar-refractivity contribution in [3.63, 3.8) is 0 Å². The quantitative estimate of drug-likeness (QED) is 0.476. The molecule has 0 aliphatic carbocycles. The van der Waals surface area contributed by atoms with Gasteiger partial charge in [0.25, 0.3) is 11.8 Å². The van der Waals surface area contributed by atoms with Gasteiger partial charge in [0.15, 0.2) is 0 Å². The van der Waals surface area contributed by atoms with E-state index in [0.717, 1.165) is 4.90 Å². The van der Waals surface area contributed by atoms with Crippen LogP contribution in [0.5, 0.6) is 0 Å². The molecule has 0 spiro atoms. The second kappa shape index (κ2) is 4.96. The van der Waals surface area contributed by atoms with Gasteiger partial charge in [0.1, 0.15) is 0 Å². The van der Waals surface area contributed by atoms with Gasteiger partial charge in [-0.15, -0.1) is 6.42 Å². The molecule has 15 heavy (non-hydrogen) atoms. The van der Waals surface area contributed by atoms with Crippen LogP contribution in [0.15, 0.2) is 12.2 Å². The summed E-state index contributed by atoms with van der Waals surface area (Å²) in [6.45, 7) is 0.236.